The van der Waals surface area contributed by atoms with Crippen LogP contribution in [0.25, 0.3) is 0 Å². The molecule has 1 aromatic rings. The molecule has 0 radical (unpaired) electrons. The highest BCUT2D eigenvalue weighted by molar-refractivity contribution is 7.86. The molecule has 0 aromatic heterocycles. The average Bonchev–Trinajstić information content (AvgIpc) is 2.47. The van der Waals surface area contributed by atoms with E-state index in [4.69, 9.17) is 8.92 Å². The molecule has 23 heavy (non-hydrogen) atoms. The van der Waals surface area contributed by atoms with E-state index < -0.39 is 15.7 Å². The highest BCUT2D eigenvalue weighted by Crippen LogP contribution is 2.46. The minimum absolute atomic E-state index is 0.119. The molecule has 0 bridgehead atoms. The fraction of sp³-hybridized carbons (Fsp3) is 0.647. The molecule has 1 saturated carbocycles. The lowest BCUT2D eigenvalue weighted by Crippen LogP contribution is -2.46. The molecule has 0 unspecified atom stereocenters. The molecular formula is C17H27NO4S. The third kappa shape index (κ3) is 4.46. The zero-order chi connectivity index (χ0) is 17.1. The molecule has 1 fully saturated rings. The molecular weight excluding hydrogens is 314 g/mol. The summed E-state index contributed by atoms with van der Waals surface area (Å²) in [6, 6.07) is 7.60. The topological polar surface area (TPSA) is 55.8 Å². The minimum Gasteiger partial charge on any atom is -0.497 e. The minimum atomic E-state index is -3.58. The number of rotatable bonds is 6. The lowest BCUT2D eigenvalue weighted by atomic mass is 9.71. The molecule has 0 saturated heterocycles. The van der Waals surface area contributed by atoms with Crippen molar-refractivity contribution in [1.82, 2.24) is 4.90 Å². The van der Waals surface area contributed by atoms with Gasteiger partial charge >= 0.3 is 0 Å². The Balaban J connectivity index is 2.52. The highest BCUT2D eigenvalue weighted by atomic mass is 32.2. The Labute approximate surface area is 139 Å². The Morgan fingerprint density at radius 1 is 1.30 bits per heavy atom. The maximum absolute atomic E-state index is 12.0. The van der Waals surface area contributed by atoms with E-state index >= 15 is 0 Å². The monoisotopic (exact) mass is 341 g/mol. The van der Waals surface area contributed by atoms with Crippen LogP contribution in [0.4, 0.5) is 0 Å². The number of methoxy groups -OCH3 is 1. The summed E-state index contributed by atoms with van der Waals surface area (Å²) in [6.45, 7) is 0.784. The van der Waals surface area contributed by atoms with E-state index in [1.54, 1.807) is 7.11 Å². The molecule has 1 aliphatic rings. The summed E-state index contributed by atoms with van der Waals surface area (Å²) in [6.07, 6.45) is 4.83. The lowest BCUT2D eigenvalue weighted by Gasteiger charge is -2.44. The first kappa shape index (κ1) is 18.2. The van der Waals surface area contributed by atoms with Crippen LogP contribution in [-0.2, 0) is 19.9 Å². The van der Waals surface area contributed by atoms with Gasteiger partial charge in [0.15, 0.2) is 0 Å². The van der Waals surface area contributed by atoms with Crippen LogP contribution in [0.3, 0.4) is 0 Å². The van der Waals surface area contributed by atoms with Crippen LogP contribution in [0.5, 0.6) is 5.75 Å². The molecule has 0 heterocycles. The quantitative estimate of drug-likeness (QED) is 0.745. The summed E-state index contributed by atoms with van der Waals surface area (Å²) in [5, 5.41) is 0. The van der Waals surface area contributed by atoms with Gasteiger partial charge in [0.2, 0.25) is 0 Å². The van der Waals surface area contributed by atoms with Crippen molar-refractivity contribution >= 4 is 10.1 Å². The number of ether oxygens (including phenoxy) is 1. The molecule has 0 aliphatic heterocycles. The predicted molar refractivity (Wildman–Crippen MR) is 91.1 cm³/mol. The van der Waals surface area contributed by atoms with Gasteiger partial charge in [-0.3, -0.25) is 4.18 Å². The lowest BCUT2D eigenvalue weighted by molar-refractivity contribution is -0.0324. The zero-order valence-corrected chi connectivity index (χ0v) is 15.2. The largest absolute Gasteiger partial charge is 0.497 e. The van der Waals surface area contributed by atoms with Gasteiger partial charge in [0.1, 0.15) is 11.4 Å². The first-order chi connectivity index (χ1) is 10.8. The molecule has 0 spiro atoms. The molecule has 6 heteroatoms. The van der Waals surface area contributed by atoms with Gasteiger partial charge in [0.05, 0.1) is 13.4 Å². The van der Waals surface area contributed by atoms with E-state index in [1.165, 1.54) is 0 Å². The van der Waals surface area contributed by atoms with Gasteiger partial charge < -0.3 is 9.64 Å². The van der Waals surface area contributed by atoms with Crippen molar-refractivity contribution in [2.45, 2.75) is 31.3 Å². The Hall–Kier alpha value is -1.11. The number of nitrogens with zero attached hydrogens (tertiary/aromatic N) is 1. The van der Waals surface area contributed by atoms with Crippen molar-refractivity contribution in [3.05, 3.63) is 29.8 Å². The van der Waals surface area contributed by atoms with Crippen molar-refractivity contribution in [2.75, 3.05) is 34.0 Å². The summed E-state index contributed by atoms with van der Waals surface area (Å²) >= 11 is 0. The second-order valence-corrected chi connectivity index (χ2v) is 8.19. The SMILES string of the molecule is COc1cccc([C@@]2(OS(C)(=O)=O)CCCC[C@@H]2CN(C)C)c1. The molecule has 130 valence electrons. The third-order valence-electron chi connectivity index (χ3n) is 4.45. The average molecular weight is 341 g/mol. The van der Waals surface area contributed by atoms with E-state index in [9.17, 15) is 8.42 Å². The van der Waals surface area contributed by atoms with Crippen LogP contribution < -0.4 is 4.74 Å². The van der Waals surface area contributed by atoms with Gasteiger partial charge in [0.25, 0.3) is 10.1 Å². The van der Waals surface area contributed by atoms with Gasteiger partial charge in [-0.15, -0.1) is 0 Å². The summed E-state index contributed by atoms with van der Waals surface area (Å²) < 4.78 is 35.1. The second-order valence-electron chi connectivity index (χ2n) is 6.61. The normalized spacial score (nSPS) is 25.5. The van der Waals surface area contributed by atoms with Crippen LogP contribution >= 0.6 is 0 Å². The van der Waals surface area contributed by atoms with Crippen molar-refractivity contribution in [3.8, 4) is 5.75 Å². The third-order valence-corrected chi connectivity index (χ3v) is 5.05. The Morgan fingerprint density at radius 3 is 2.65 bits per heavy atom. The summed E-state index contributed by atoms with van der Waals surface area (Å²) in [7, 11) is 2.05. The molecule has 1 aliphatic carbocycles. The summed E-state index contributed by atoms with van der Waals surface area (Å²) in [5.74, 6) is 0.834. The van der Waals surface area contributed by atoms with Gasteiger partial charge in [-0.2, -0.15) is 8.42 Å². The van der Waals surface area contributed by atoms with Gasteiger partial charge in [-0.1, -0.05) is 25.0 Å². The fourth-order valence-electron chi connectivity index (χ4n) is 3.59. The van der Waals surface area contributed by atoms with Crippen molar-refractivity contribution in [3.63, 3.8) is 0 Å². The van der Waals surface area contributed by atoms with E-state index in [-0.39, 0.29) is 5.92 Å². The van der Waals surface area contributed by atoms with E-state index in [2.05, 4.69) is 4.90 Å². The molecule has 0 amide bonds. The predicted octanol–water partition coefficient (Wildman–Crippen LogP) is 2.62. The number of hydrogen-bond donors (Lipinski definition) is 0. The second kappa shape index (κ2) is 7.20. The number of hydrogen-bond acceptors (Lipinski definition) is 5. The zero-order valence-electron chi connectivity index (χ0n) is 14.4. The van der Waals surface area contributed by atoms with Gasteiger partial charge in [-0.05, 0) is 44.6 Å². The van der Waals surface area contributed by atoms with Crippen molar-refractivity contribution < 1.29 is 17.3 Å². The van der Waals surface area contributed by atoms with E-state index in [0.717, 1.165) is 37.6 Å². The van der Waals surface area contributed by atoms with Crippen LogP contribution in [0.1, 0.15) is 31.2 Å². The van der Waals surface area contributed by atoms with Crippen molar-refractivity contribution in [2.24, 2.45) is 5.92 Å². The Bertz CT molecular complexity index is 629. The highest BCUT2D eigenvalue weighted by Gasteiger charge is 2.46. The summed E-state index contributed by atoms with van der Waals surface area (Å²) in [4.78, 5) is 2.09. The van der Waals surface area contributed by atoms with Crippen LogP contribution in [0, 0.1) is 5.92 Å². The van der Waals surface area contributed by atoms with Crippen LogP contribution in [0.15, 0.2) is 24.3 Å². The van der Waals surface area contributed by atoms with Crippen LogP contribution in [-0.4, -0.2) is 47.3 Å². The maximum Gasteiger partial charge on any atom is 0.265 e. The first-order valence-corrected chi connectivity index (χ1v) is 9.78. The summed E-state index contributed by atoms with van der Waals surface area (Å²) in [5.41, 5.74) is 0.0683. The molecule has 0 N–H and O–H groups in total. The van der Waals surface area contributed by atoms with Crippen molar-refractivity contribution in [1.29, 1.82) is 0 Å². The molecule has 2 atom stereocenters. The molecule has 1 aromatic carbocycles. The standard InChI is InChI=1S/C17H27NO4S/c1-18(2)13-15-8-5-6-11-17(15,22-23(4,19)20)14-9-7-10-16(12-14)21-3/h7,9-10,12,15H,5-6,8,11,13H2,1-4H3/t15-,17+/m1/s1. The van der Waals surface area contributed by atoms with Gasteiger partial charge in [0, 0.05) is 12.5 Å². The number of benzene rings is 1. The van der Waals surface area contributed by atoms with E-state index in [1.807, 2.05) is 38.4 Å². The Morgan fingerprint density at radius 2 is 2.04 bits per heavy atom. The van der Waals surface area contributed by atoms with Crippen LogP contribution in [0.2, 0.25) is 0 Å². The molecule has 2 rings (SSSR count). The van der Waals surface area contributed by atoms with E-state index in [0.29, 0.717) is 12.2 Å². The van der Waals surface area contributed by atoms with Gasteiger partial charge in [-0.25, -0.2) is 0 Å². The Kier molecular flexibility index (Phi) is 5.70. The first-order valence-electron chi connectivity index (χ1n) is 7.97. The smallest absolute Gasteiger partial charge is 0.265 e. The molecule has 5 nitrogen and oxygen atoms in total. The maximum atomic E-state index is 12.0. The fourth-order valence-corrected chi connectivity index (χ4v) is 4.45.